The van der Waals surface area contributed by atoms with Crippen LogP contribution in [0.3, 0.4) is 0 Å². The highest BCUT2D eigenvalue weighted by molar-refractivity contribution is 5.77. The number of ether oxygens (including phenoxy) is 2. The van der Waals surface area contributed by atoms with Crippen molar-refractivity contribution in [3.05, 3.63) is 23.9 Å². The number of carbonyl (C=O) groups is 1. The molecule has 0 N–H and O–H groups in total. The van der Waals surface area contributed by atoms with Crippen molar-refractivity contribution >= 4 is 5.91 Å². The third-order valence-electron chi connectivity index (χ3n) is 2.92. The lowest BCUT2D eigenvalue weighted by Crippen LogP contribution is -2.33. The summed E-state index contributed by atoms with van der Waals surface area (Å²) in [5, 5.41) is 0. The fourth-order valence-electron chi connectivity index (χ4n) is 2.02. The molecule has 1 atom stereocenters. The number of nitrogens with zero attached hydrogens (tertiary/aromatic N) is 2. The Kier molecular flexibility index (Phi) is 4.15. The lowest BCUT2D eigenvalue weighted by Gasteiger charge is -2.16. The van der Waals surface area contributed by atoms with E-state index in [2.05, 4.69) is 4.98 Å². The molecule has 0 aliphatic carbocycles. The zero-order chi connectivity index (χ0) is 13.0. The van der Waals surface area contributed by atoms with Gasteiger partial charge in [-0.15, -0.1) is 0 Å². The molecule has 1 aliphatic rings. The fraction of sp³-hybridized carbons (Fsp3) is 0.538. The number of amides is 1. The van der Waals surface area contributed by atoms with Gasteiger partial charge in [0.15, 0.2) is 0 Å². The summed E-state index contributed by atoms with van der Waals surface area (Å²) in [6.07, 6.45) is 0.866. The van der Waals surface area contributed by atoms with Crippen molar-refractivity contribution in [2.45, 2.75) is 19.4 Å². The smallest absolute Gasteiger partial charge is 0.248 e. The maximum Gasteiger partial charge on any atom is 0.248 e. The van der Waals surface area contributed by atoms with Gasteiger partial charge in [0.25, 0.3) is 0 Å². The summed E-state index contributed by atoms with van der Waals surface area (Å²) < 4.78 is 10.6. The average Bonchev–Trinajstić information content (AvgIpc) is 2.78. The predicted octanol–water partition coefficient (Wildman–Crippen LogP) is 1.02. The Bertz CT molecular complexity index is 422. The molecule has 1 fully saturated rings. The SMILES string of the molecule is COCC(=O)N1CCC(Oc2cccc(C)n2)C1. The minimum Gasteiger partial charge on any atom is -0.472 e. The van der Waals surface area contributed by atoms with Crippen LogP contribution in [0.25, 0.3) is 0 Å². The van der Waals surface area contributed by atoms with Gasteiger partial charge in [-0.05, 0) is 13.0 Å². The van der Waals surface area contributed by atoms with Crippen LogP contribution in [0.15, 0.2) is 18.2 Å². The van der Waals surface area contributed by atoms with Crippen LogP contribution in [-0.4, -0.2) is 48.7 Å². The molecule has 1 aromatic rings. The number of likely N-dealkylation sites (tertiary alicyclic amines) is 1. The van der Waals surface area contributed by atoms with E-state index in [1.165, 1.54) is 7.11 Å². The monoisotopic (exact) mass is 250 g/mol. The molecule has 0 saturated carbocycles. The van der Waals surface area contributed by atoms with Gasteiger partial charge in [0, 0.05) is 31.8 Å². The topological polar surface area (TPSA) is 51.7 Å². The number of aromatic nitrogens is 1. The molecule has 5 nitrogen and oxygen atoms in total. The summed E-state index contributed by atoms with van der Waals surface area (Å²) in [6, 6.07) is 5.68. The van der Waals surface area contributed by atoms with Crippen LogP contribution in [0.4, 0.5) is 0 Å². The van der Waals surface area contributed by atoms with E-state index in [-0.39, 0.29) is 18.6 Å². The van der Waals surface area contributed by atoms with Gasteiger partial charge in [-0.2, -0.15) is 0 Å². The molecule has 1 amide bonds. The van der Waals surface area contributed by atoms with Crippen LogP contribution in [0.2, 0.25) is 0 Å². The van der Waals surface area contributed by atoms with Gasteiger partial charge in [0.05, 0.1) is 6.54 Å². The Morgan fingerprint density at radius 1 is 1.56 bits per heavy atom. The van der Waals surface area contributed by atoms with Crippen molar-refractivity contribution in [3.8, 4) is 5.88 Å². The summed E-state index contributed by atoms with van der Waals surface area (Å²) in [5.74, 6) is 0.641. The lowest BCUT2D eigenvalue weighted by molar-refractivity contribution is -0.134. The van der Waals surface area contributed by atoms with Crippen molar-refractivity contribution in [1.82, 2.24) is 9.88 Å². The van der Waals surface area contributed by atoms with Crippen molar-refractivity contribution in [2.24, 2.45) is 0 Å². The highest BCUT2D eigenvalue weighted by Crippen LogP contribution is 2.16. The molecule has 5 heteroatoms. The summed E-state index contributed by atoms with van der Waals surface area (Å²) >= 11 is 0. The molecule has 0 aromatic carbocycles. The minimum atomic E-state index is 0.0146. The summed E-state index contributed by atoms with van der Waals surface area (Å²) in [5.41, 5.74) is 0.929. The van der Waals surface area contributed by atoms with E-state index in [0.29, 0.717) is 12.4 Å². The first-order chi connectivity index (χ1) is 8.69. The Morgan fingerprint density at radius 3 is 3.11 bits per heavy atom. The molecule has 0 bridgehead atoms. The lowest BCUT2D eigenvalue weighted by atomic mass is 10.3. The largest absolute Gasteiger partial charge is 0.472 e. The summed E-state index contributed by atoms with van der Waals surface area (Å²) in [7, 11) is 1.53. The maximum absolute atomic E-state index is 11.6. The standard InChI is InChI=1S/C13H18N2O3/c1-10-4-3-5-12(14-10)18-11-6-7-15(8-11)13(16)9-17-2/h3-5,11H,6-9H2,1-2H3. The number of methoxy groups -OCH3 is 1. The Balaban J connectivity index is 1.88. The number of carbonyl (C=O) groups excluding carboxylic acids is 1. The fourth-order valence-corrected chi connectivity index (χ4v) is 2.02. The van der Waals surface area contributed by atoms with E-state index >= 15 is 0 Å². The number of aryl methyl sites for hydroxylation is 1. The quantitative estimate of drug-likeness (QED) is 0.800. The first-order valence-electron chi connectivity index (χ1n) is 6.06. The third-order valence-corrected chi connectivity index (χ3v) is 2.92. The summed E-state index contributed by atoms with van der Waals surface area (Å²) in [4.78, 5) is 17.7. The van der Waals surface area contributed by atoms with Crippen LogP contribution in [-0.2, 0) is 9.53 Å². The van der Waals surface area contributed by atoms with E-state index in [0.717, 1.165) is 18.7 Å². The number of pyridine rings is 1. The number of hydrogen-bond acceptors (Lipinski definition) is 4. The van der Waals surface area contributed by atoms with Gasteiger partial charge < -0.3 is 14.4 Å². The zero-order valence-corrected chi connectivity index (χ0v) is 10.8. The molecular weight excluding hydrogens is 232 g/mol. The van der Waals surface area contributed by atoms with Crippen molar-refractivity contribution in [1.29, 1.82) is 0 Å². The minimum absolute atomic E-state index is 0.0146. The predicted molar refractivity (Wildman–Crippen MR) is 66.5 cm³/mol. The first kappa shape index (κ1) is 12.8. The van der Waals surface area contributed by atoms with Crippen molar-refractivity contribution < 1.29 is 14.3 Å². The number of rotatable bonds is 4. The van der Waals surface area contributed by atoms with Gasteiger partial charge in [-0.3, -0.25) is 4.79 Å². The third kappa shape index (κ3) is 3.20. The van der Waals surface area contributed by atoms with E-state index in [9.17, 15) is 4.79 Å². The number of hydrogen-bond donors (Lipinski definition) is 0. The molecule has 1 saturated heterocycles. The second kappa shape index (κ2) is 5.82. The van der Waals surface area contributed by atoms with E-state index in [1.54, 1.807) is 4.90 Å². The van der Waals surface area contributed by atoms with Crippen LogP contribution in [0.1, 0.15) is 12.1 Å². The maximum atomic E-state index is 11.6. The average molecular weight is 250 g/mol. The molecule has 1 aromatic heterocycles. The van der Waals surface area contributed by atoms with Gasteiger partial charge >= 0.3 is 0 Å². The highest BCUT2D eigenvalue weighted by atomic mass is 16.5. The second-order valence-corrected chi connectivity index (χ2v) is 4.42. The normalized spacial score (nSPS) is 19.0. The molecule has 1 aliphatic heterocycles. The van der Waals surface area contributed by atoms with Gasteiger partial charge in [-0.25, -0.2) is 4.98 Å². The van der Waals surface area contributed by atoms with E-state index < -0.39 is 0 Å². The zero-order valence-electron chi connectivity index (χ0n) is 10.8. The Hall–Kier alpha value is -1.62. The van der Waals surface area contributed by atoms with Crippen LogP contribution < -0.4 is 4.74 Å². The molecule has 98 valence electrons. The molecule has 2 rings (SSSR count). The summed E-state index contributed by atoms with van der Waals surface area (Å²) in [6.45, 7) is 3.39. The van der Waals surface area contributed by atoms with Crippen molar-refractivity contribution in [2.75, 3.05) is 26.8 Å². The van der Waals surface area contributed by atoms with Gasteiger partial charge in [0.1, 0.15) is 12.7 Å². The van der Waals surface area contributed by atoms with Gasteiger partial charge in [0.2, 0.25) is 11.8 Å². The second-order valence-electron chi connectivity index (χ2n) is 4.42. The van der Waals surface area contributed by atoms with Crippen LogP contribution in [0, 0.1) is 6.92 Å². The van der Waals surface area contributed by atoms with Crippen LogP contribution >= 0.6 is 0 Å². The molecular formula is C13H18N2O3. The van der Waals surface area contributed by atoms with Crippen LogP contribution in [0.5, 0.6) is 5.88 Å². The molecule has 0 spiro atoms. The molecule has 18 heavy (non-hydrogen) atoms. The first-order valence-corrected chi connectivity index (χ1v) is 6.06. The van der Waals surface area contributed by atoms with E-state index in [1.807, 2.05) is 25.1 Å². The Morgan fingerprint density at radius 2 is 2.39 bits per heavy atom. The highest BCUT2D eigenvalue weighted by Gasteiger charge is 2.27. The van der Waals surface area contributed by atoms with Crippen molar-refractivity contribution in [3.63, 3.8) is 0 Å². The van der Waals surface area contributed by atoms with E-state index in [4.69, 9.17) is 9.47 Å². The Labute approximate surface area is 107 Å². The molecule has 2 heterocycles. The van der Waals surface area contributed by atoms with Gasteiger partial charge in [-0.1, -0.05) is 6.07 Å². The molecule has 0 radical (unpaired) electrons. The molecule has 1 unspecified atom stereocenters.